The molecule has 2 aromatic carbocycles. The van der Waals surface area contributed by atoms with E-state index in [2.05, 4.69) is 0 Å². The summed E-state index contributed by atoms with van der Waals surface area (Å²) in [6, 6.07) is 11.0. The molecular formula is C16H14F2O2. The first-order valence-electron chi connectivity index (χ1n) is 6.18. The number of hydrogen-bond donors (Lipinski definition) is 0. The van der Waals surface area contributed by atoms with Gasteiger partial charge in [-0.05, 0) is 17.7 Å². The summed E-state index contributed by atoms with van der Waals surface area (Å²) < 4.78 is 31.7. The third-order valence-electron chi connectivity index (χ3n) is 3.00. The Morgan fingerprint density at radius 1 is 1.00 bits per heavy atom. The van der Waals surface area contributed by atoms with E-state index in [1.54, 1.807) is 24.3 Å². The van der Waals surface area contributed by atoms with Crippen molar-refractivity contribution in [1.29, 1.82) is 0 Å². The molecule has 0 saturated heterocycles. The zero-order valence-electron chi connectivity index (χ0n) is 11.0. The highest BCUT2D eigenvalue weighted by Gasteiger charge is 2.13. The standard InChI is InChI=1S/C16H14F2O2/c1-20-15-8-3-2-5-11(15)9-13(19)10-12-6-4-7-14(17)16(12)18/h2-8H,9-10H2,1H3. The van der Waals surface area contributed by atoms with Crippen molar-refractivity contribution in [2.45, 2.75) is 12.8 Å². The molecule has 0 N–H and O–H groups in total. The summed E-state index contributed by atoms with van der Waals surface area (Å²) in [5, 5.41) is 0. The van der Waals surface area contributed by atoms with E-state index in [-0.39, 0.29) is 24.2 Å². The van der Waals surface area contributed by atoms with Crippen LogP contribution in [0, 0.1) is 11.6 Å². The first kappa shape index (κ1) is 14.2. The van der Waals surface area contributed by atoms with Crippen molar-refractivity contribution in [1.82, 2.24) is 0 Å². The van der Waals surface area contributed by atoms with Gasteiger partial charge in [0.2, 0.25) is 0 Å². The van der Waals surface area contributed by atoms with Crippen molar-refractivity contribution < 1.29 is 18.3 Å². The molecule has 0 aliphatic heterocycles. The zero-order valence-corrected chi connectivity index (χ0v) is 11.0. The molecule has 0 bridgehead atoms. The van der Waals surface area contributed by atoms with E-state index < -0.39 is 11.6 Å². The first-order chi connectivity index (χ1) is 9.61. The smallest absolute Gasteiger partial charge is 0.162 e. The van der Waals surface area contributed by atoms with Crippen LogP contribution in [0.4, 0.5) is 8.78 Å². The summed E-state index contributed by atoms with van der Waals surface area (Å²) in [6.45, 7) is 0. The second kappa shape index (κ2) is 6.28. The minimum absolute atomic E-state index is 0.0740. The number of carbonyl (C=O) groups is 1. The molecular weight excluding hydrogens is 262 g/mol. The SMILES string of the molecule is COc1ccccc1CC(=O)Cc1cccc(F)c1F. The quantitative estimate of drug-likeness (QED) is 0.837. The lowest BCUT2D eigenvalue weighted by atomic mass is 10.0. The predicted octanol–water partition coefficient (Wildman–Crippen LogP) is 3.33. The highest BCUT2D eigenvalue weighted by atomic mass is 19.2. The van der Waals surface area contributed by atoms with Crippen LogP contribution in [0.25, 0.3) is 0 Å². The van der Waals surface area contributed by atoms with Crippen molar-refractivity contribution in [3.8, 4) is 5.75 Å². The molecule has 0 aromatic heterocycles. The van der Waals surface area contributed by atoms with Gasteiger partial charge in [0.1, 0.15) is 11.5 Å². The van der Waals surface area contributed by atoms with Gasteiger partial charge >= 0.3 is 0 Å². The van der Waals surface area contributed by atoms with Crippen LogP contribution < -0.4 is 4.74 Å². The average molecular weight is 276 g/mol. The van der Waals surface area contributed by atoms with Gasteiger partial charge in [-0.25, -0.2) is 8.78 Å². The fraction of sp³-hybridized carbons (Fsp3) is 0.188. The highest BCUT2D eigenvalue weighted by molar-refractivity contribution is 5.83. The van der Waals surface area contributed by atoms with E-state index in [0.29, 0.717) is 5.75 Å². The van der Waals surface area contributed by atoms with Gasteiger partial charge in [-0.2, -0.15) is 0 Å². The number of Topliss-reactive ketones (excluding diaryl/α,β-unsaturated/α-hetero) is 1. The van der Waals surface area contributed by atoms with E-state index >= 15 is 0 Å². The Hall–Kier alpha value is -2.23. The Bertz CT molecular complexity index is 624. The molecule has 0 saturated carbocycles. The summed E-state index contributed by atoms with van der Waals surface area (Å²) in [5.41, 5.74) is 0.807. The molecule has 20 heavy (non-hydrogen) atoms. The van der Waals surface area contributed by atoms with E-state index in [0.717, 1.165) is 11.6 Å². The van der Waals surface area contributed by atoms with Crippen molar-refractivity contribution >= 4 is 5.78 Å². The van der Waals surface area contributed by atoms with Crippen LogP contribution in [-0.4, -0.2) is 12.9 Å². The van der Waals surface area contributed by atoms with Gasteiger partial charge in [0.05, 0.1) is 7.11 Å². The molecule has 0 atom stereocenters. The van der Waals surface area contributed by atoms with Crippen LogP contribution in [0.15, 0.2) is 42.5 Å². The average Bonchev–Trinajstić information content (AvgIpc) is 2.44. The Labute approximate surface area is 116 Å². The molecule has 0 amide bonds. The van der Waals surface area contributed by atoms with Crippen molar-refractivity contribution in [3.05, 3.63) is 65.2 Å². The van der Waals surface area contributed by atoms with E-state index in [4.69, 9.17) is 4.74 Å². The number of methoxy groups -OCH3 is 1. The molecule has 2 nitrogen and oxygen atoms in total. The number of para-hydroxylation sites is 1. The van der Waals surface area contributed by atoms with Gasteiger partial charge < -0.3 is 4.74 Å². The molecule has 0 radical (unpaired) electrons. The second-order valence-electron chi connectivity index (χ2n) is 4.42. The first-order valence-corrected chi connectivity index (χ1v) is 6.18. The third-order valence-corrected chi connectivity index (χ3v) is 3.00. The third kappa shape index (κ3) is 3.20. The van der Waals surface area contributed by atoms with Crippen molar-refractivity contribution in [3.63, 3.8) is 0 Å². The highest BCUT2D eigenvalue weighted by Crippen LogP contribution is 2.19. The summed E-state index contributed by atoms with van der Waals surface area (Å²) in [6.07, 6.45) is -0.0123. The largest absolute Gasteiger partial charge is 0.496 e. The maximum absolute atomic E-state index is 13.5. The fourth-order valence-corrected chi connectivity index (χ4v) is 2.02. The predicted molar refractivity (Wildman–Crippen MR) is 71.8 cm³/mol. The Morgan fingerprint density at radius 2 is 1.65 bits per heavy atom. The lowest BCUT2D eigenvalue weighted by Gasteiger charge is -2.08. The lowest BCUT2D eigenvalue weighted by Crippen LogP contribution is -2.09. The van der Waals surface area contributed by atoms with Gasteiger partial charge in [-0.3, -0.25) is 4.79 Å². The van der Waals surface area contributed by atoms with Crippen molar-refractivity contribution in [2.75, 3.05) is 7.11 Å². The Morgan fingerprint density at radius 3 is 2.40 bits per heavy atom. The molecule has 0 aliphatic carbocycles. The molecule has 0 heterocycles. The van der Waals surface area contributed by atoms with Crippen LogP contribution in [-0.2, 0) is 17.6 Å². The molecule has 0 spiro atoms. The van der Waals surface area contributed by atoms with Gasteiger partial charge in [0.15, 0.2) is 11.6 Å². The van der Waals surface area contributed by atoms with Crippen LogP contribution in [0.2, 0.25) is 0 Å². The summed E-state index contributed by atoms with van der Waals surface area (Å²) in [4.78, 5) is 12.0. The molecule has 0 unspecified atom stereocenters. The molecule has 2 aromatic rings. The monoisotopic (exact) mass is 276 g/mol. The van der Waals surface area contributed by atoms with Crippen LogP contribution >= 0.6 is 0 Å². The van der Waals surface area contributed by atoms with Gasteiger partial charge in [-0.1, -0.05) is 30.3 Å². The van der Waals surface area contributed by atoms with Crippen LogP contribution in [0.1, 0.15) is 11.1 Å². The number of rotatable bonds is 5. The molecule has 4 heteroatoms. The fourth-order valence-electron chi connectivity index (χ4n) is 2.02. The number of hydrogen-bond acceptors (Lipinski definition) is 2. The maximum atomic E-state index is 13.5. The number of ether oxygens (including phenoxy) is 1. The lowest BCUT2D eigenvalue weighted by molar-refractivity contribution is -0.117. The molecule has 0 fully saturated rings. The topological polar surface area (TPSA) is 26.3 Å². The number of carbonyl (C=O) groups excluding carboxylic acids is 1. The normalized spacial score (nSPS) is 10.3. The maximum Gasteiger partial charge on any atom is 0.162 e. The van der Waals surface area contributed by atoms with Crippen LogP contribution in [0.3, 0.4) is 0 Å². The summed E-state index contributed by atoms with van der Waals surface area (Å²) in [5.74, 6) is -1.48. The number of halogens is 2. The van der Waals surface area contributed by atoms with Gasteiger partial charge in [-0.15, -0.1) is 0 Å². The Kier molecular flexibility index (Phi) is 4.45. The number of ketones is 1. The molecule has 2 rings (SSSR count). The van der Waals surface area contributed by atoms with Crippen LogP contribution in [0.5, 0.6) is 5.75 Å². The van der Waals surface area contributed by atoms with E-state index in [1.165, 1.54) is 19.2 Å². The molecule has 0 aliphatic rings. The minimum Gasteiger partial charge on any atom is -0.496 e. The Balaban J connectivity index is 2.11. The number of benzene rings is 2. The van der Waals surface area contributed by atoms with Gasteiger partial charge in [0.25, 0.3) is 0 Å². The van der Waals surface area contributed by atoms with Crippen molar-refractivity contribution in [2.24, 2.45) is 0 Å². The van der Waals surface area contributed by atoms with E-state index in [9.17, 15) is 13.6 Å². The van der Waals surface area contributed by atoms with Gasteiger partial charge in [0, 0.05) is 18.4 Å². The van der Waals surface area contributed by atoms with E-state index in [1.807, 2.05) is 0 Å². The summed E-state index contributed by atoms with van der Waals surface area (Å²) >= 11 is 0. The second-order valence-corrected chi connectivity index (χ2v) is 4.42. The zero-order chi connectivity index (χ0) is 14.5. The summed E-state index contributed by atoms with van der Waals surface area (Å²) in [7, 11) is 1.52. The molecule has 104 valence electrons. The minimum atomic E-state index is -0.958.